The van der Waals surface area contributed by atoms with E-state index in [1.54, 1.807) is 18.2 Å². The minimum atomic E-state index is -0.500. The Balaban J connectivity index is 2.24. The summed E-state index contributed by atoms with van der Waals surface area (Å²) in [7, 11) is 0. The average molecular weight is 261 g/mol. The highest BCUT2D eigenvalue weighted by molar-refractivity contribution is 6.01. The summed E-state index contributed by atoms with van der Waals surface area (Å²) in [5, 5.41) is 6.11. The maximum Gasteiger partial charge on any atom is 0.248 e. The molecule has 1 atom stereocenters. The topological polar surface area (TPSA) is 84.2 Å². The molecule has 2 amide bonds. The highest BCUT2D eigenvalue weighted by Gasteiger charge is 2.24. The molecule has 1 heterocycles. The number of amides is 2. The lowest BCUT2D eigenvalue weighted by molar-refractivity contribution is -0.119. The summed E-state index contributed by atoms with van der Waals surface area (Å²) < 4.78 is 0. The molecule has 1 aliphatic heterocycles. The SMILES string of the molecule is CC(C)CC1CNc2ccc(C(N)=O)cc2NC1=O. The lowest BCUT2D eigenvalue weighted by Gasteiger charge is -2.15. The van der Waals surface area contributed by atoms with Gasteiger partial charge in [0, 0.05) is 12.1 Å². The fourth-order valence-electron chi connectivity index (χ4n) is 2.28. The summed E-state index contributed by atoms with van der Waals surface area (Å²) in [6.45, 7) is 4.79. The van der Waals surface area contributed by atoms with E-state index < -0.39 is 5.91 Å². The third-order valence-corrected chi connectivity index (χ3v) is 3.23. The first-order chi connectivity index (χ1) is 8.97. The number of carbonyl (C=O) groups is 2. The van der Waals surface area contributed by atoms with Gasteiger partial charge in [-0.05, 0) is 30.5 Å². The predicted octanol–water partition coefficient (Wildman–Crippen LogP) is 1.81. The Labute approximate surface area is 112 Å². The molecule has 1 aromatic carbocycles. The van der Waals surface area contributed by atoms with Crippen LogP contribution in [0.5, 0.6) is 0 Å². The fraction of sp³-hybridized carbons (Fsp3) is 0.429. The molecule has 0 aliphatic carbocycles. The summed E-state index contributed by atoms with van der Waals surface area (Å²) in [5.74, 6) is -0.119. The van der Waals surface area contributed by atoms with Crippen LogP contribution in [0.4, 0.5) is 11.4 Å². The monoisotopic (exact) mass is 261 g/mol. The summed E-state index contributed by atoms with van der Waals surface area (Å²) in [6.07, 6.45) is 0.829. The molecule has 102 valence electrons. The van der Waals surface area contributed by atoms with Crippen molar-refractivity contribution in [3.05, 3.63) is 23.8 Å². The Hall–Kier alpha value is -2.04. The summed E-state index contributed by atoms with van der Waals surface area (Å²) in [5.41, 5.74) is 7.08. The maximum absolute atomic E-state index is 12.1. The van der Waals surface area contributed by atoms with Gasteiger partial charge in [-0.15, -0.1) is 0 Å². The molecule has 19 heavy (non-hydrogen) atoms. The van der Waals surface area contributed by atoms with E-state index in [0.29, 0.717) is 23.7 Å². The number of hydrogen-bond acceptors (Lipinski definition) is 3. The molecular weight excluding hydrogens is 242 g/mol. The first-order valence-electron chi connectivity index (χ1n) is 6.46. The molecule has 0 fully saturated rings. The van der Waals surface area contributed by atoms with Crippen molar-refractivity contribution in [3.63, 3.8) is 0 Å². The van der Waals surface area contributed by atoms with Gasteiger partial charge in [-0.25, -0.2) is 0 Å². The predicted molar refractivity (Wildman–Crippen MR) is 75.0 cm³/mol. The summed E-state index contributed by atoms with van der Waals surface area (Å²) in [4.78, 5) is 23.3. The van der Waals surface area contributed by atoms with E-state index >= 15 is 0 Å². The van der Waals surface area contributed by atoms with E-state index in [-0.39, 0.29) is 11.8 Å². The van der Waals surface area contributed by atoms with Crippen molar-refractivity contribution in [2.24, 2.45) is 17.6 Å². The normalized spacial score (nSPS) is 18.3. The van der Waals surface area contributed by atoms with Gasteiger partial charge in [0.2, 0.25) is 11.8 Å². The molecule has 0 aromatic heterocycles. The molecule has 5 heteroatoms. The van der Waals surface area contributed by atoms with Gasteiger partial charge in [-0.1, -0.05) is 13.8 Å². The molecule has 0 spiro atoms. The number of hydrogen-bond donors (Lipinski definition) is 3. The van der Waals surface area contributed by atoms with Crippen LogP contribution in [0.3, 0.4) is 0 Å². The lowest BCUT2D eigenvalue weighted by atomic mass is 9.96. The Kier molecular flexibility index (Phi) is 3.74. The van der Waals surface area contributed by atoms with E-state index in [2.05, 4.69) is 24.5 Å². The lowest BCUT2D eigenvalue weighted by Crippen LogP contribution is -2.27. The highest BCUT2D eigenvalue weighted by Crippen LogP contribution is 2.28. The second kappa shape index (κ2) is 5.30. The van der Waals surface area contributed by atoms with Gasteiger partial charge in [0.15, 0.2) is 0 Å². The van der Waals surface area contributed by atoms with Gasteiger partial charge >= 0.3 is 0 Å². The molecule has 0 radical (unpaired) electrons. The van der Waals surface area contributed by atoms with Crippen LogP contribution in [-0.2, 0) is 4.79 Å². The third-order valence-electron chi connectivity index (χ3n) is 3.23. The first-order valence-corrected chi connectivity index (χ1v) is 6.46. The van der Waals surface area contributed by atoms with Crippen LogP contribution in [0.1, 0.15) is 30.6 Å². The molecule has 2 rings (SSSR count). The van der Waals surface area contributed by atoms with Crippen molar-refractivity contribution in [3.8, 4) is 0 Å². The molecule has 1 aromatic rings. The standard InChI is InChI=1S/C14H19N3O2/c1-8(2)5-10-7-16-11-4-3-9(13(15)18)6-12(11)17-14(10)19/h3-4,6,8,10,16H,5,7H2,1-2H3,(H2,15,18)(H,17,19). The van der Waals surface area contributed by atoms with Crippen molar-refractivity contribution in [1.82, 2.24) is 0 Å². The molecule has 0 bridgehead atoms. The fourth-order valence-corrected chi connectivity index (χ4v) is 2.28. The van der Waals surface area contributed by atoms with Crippen LogP contribution in [0.25, 0.3) is 0 Å². The van der Waals surface area contributed by atoms with E-state index in [1.165, 1.54) is 0 Å². The van der Waals surface area contributed by atoms with Crippen molar-refractivity contribution in [2.45, 2.75) is 20.3 Å². The van der Waals surface area contributed by atoms with Crippen LogP contribution in [0, 0.1) is 11.8 Å². The zero-order chi connectivity index (χ0) is 14.0. The number of carbonyl (C=O) groups excluding carboxylic acids is 2. The average Bonchev–Trinajstić information content (AvgIpc) is 2.48. The largest absolute Gasteiger partial charge is 0.383 e. The van der Waals surface area contributed by atoms with Gasteiger partial charge in [0.05, 0.1) is 17.3 Å². The second-order valence-corrected chi connectivity index (χ2v) is 5.32. The van der Waals surface area contributed by atoms with Crippen molar-refractivity contribution < 1.29 is 9.59 Å². The van der Waals surface area contributed by atoms with Crippen LogP contribution >= 0.6 is 0 Å². The molecular formula is C14H19N3O2. The molecule has 5 nitrogen and oxygen atoms in total. The van der Waals surface area contributed by atoms with Gasteiger partial charge in [-0.3, -0.25) is 9.59 Å². The number of nitrogens with one attached hydrogen (secondary N) is 2. The van der Waals surface area contributed by atoms with Gasteiger partial charge in [-0.2, -0.15) is 0 Å². The van der Waals surface area contributed by atoms with E-state index in [1.807, 2.05) is 0 Å². The second-order valence-electron chi connectivity index (χ2n) is 5.32. The van der Waals surface area contributed by atoms with Gasteiger partial charge in [0.25, 0.3) is 0 Å². The summed E-state index contributed by atoms with van der Waals surface area (Å²) >= 11 is 0. The number of fused-ring (bicyclic) bond motifs is 1. The number of benzene rings is 1. The van der Waals surface area contributed by atoms with Crippen molar-refractivity contribution in [2.75, 3.05) is 17.2 Å². The molecule has 4 N–H and O–H groups in total. The van der Waals surface area contributed by atoms with Crippen LogP contribution in [0.15, 0.2) is 18.2 Å². The van der Waals surface area contributed by atoms with E-state index in [4.69, 9.17) is 5.73 Å². The smallest absolute Gasteiger partial charge is 0.248 e. The Bertz CT molecular complexity index is 511. The quantitative estimate of drug-likeness (QED) is 0.775. The third kappa shape index (κ3) is 3.05. The molecule has 1 aliphatic rings. The molecule has 0 saturated heterocycles. The first kappa shape index (κ1) is 13.4. The number of nitrogens with two attached hydrogens (primary N) is 1. The Morgan fingerprint density at radius 1 is 1.42 bits per heavy atom. The van der Waals surface area contributed by atoms with Crippen molar-refractivity contribution in [1.29, 1.82) is 0 Å². The maximum atomic E-state index is 12.1. The summed E-state index contributed by atoms with van der Waals surface area (Å²) in [6, 6.07) is 5.04. The van der Waals surface area contributed by atoms with Gasteiger partial charge < -0.3 is 16.4 Å². The zero-order valence-corrected chi connectivity index (χ0v) is 11.2. The number of primary amides is 1. The molecule has 0 saturated carbocycles. The van der Waals surface area contributed by atoms with E-state index in [9.17, 15) is 9.59 Å². The van der Waals surface area contributed by atoms with E-state index in [0.717, 1.165) is 12.1 Å². The van der Waals surface area contributed by atoms with Crippen LogP contribution in [0.2, 0.25) is 0 Å². The van der Waals surface area contributed by atoms with Crippen LogP contribution < -0.4 is 16.4 Å². The van der Waals surface area contributed by atoms with Gasteiger partial charge in [0.1, 0.15) is 0 Å². The minimum Gasteiger partial charge on any atom is -0.383 e. The molecule has 1 unspecified atom stereocenters. The number of anilines is 2. The number of rotatable bonds is 3. The Morgan fingerprint density at radius 2 is 2.16 bits per heavy atom. The Morgan fingerprint density at radius 3 is 2.79 bits per heavy atom. The van der Waals surface area contributed by atoms with Crippen molar-refractivity contribution >= 4 is 23.2 Å². The highest BCUT2D eigenvalue weighted by atomic mass is 16.2. The zero-order valence-electron chi connectivity index (χ0n) is 11.2. The minimum absolute atomic E-state index is 0.0124. The van der Waals surface area contributed by atoms with Crippen LogP contribution in [-0.4, -0.2) is 18.4 Å².